The lowest BCUT2D eigenvalue weighted by molar-refractivity contribution is -0.462. The summed E-state index contributed by atoms with van der Waals surface area (Å²) in [5.41, 5.74) is 9.12. The van der Waals surface area contributed by atoms with Gasteiger partial charge in [-0.15, -0.1) is 0 Å². The van der Waals surface area contributed by atoms with E-state index < -0.39 is 19.9 Å². The number of nitrogens with zero attached hydrogens (tertiary/aromatic N) is 3. The summed E-state index contributed by atoms with van der Waals surface area (Å²) in [6.45, 7) is 6.65. The van der Waals surface area contributed by atoms with Crippen LogP contribution in [0, 0.1) is 0 Å². The molecule has 0 amide bonds. The zero-order valence-corrected chi connectivity index (χ0v) is 30.5. The van der Waals surface area contributed by atoms with Gasteiger partial charge in [-0.1, -0.05) is 48.5 Å². The molecule has 4 aromatic rings. The van der Waals surface area contributed by atoms with E-state index in [0.717, 1.165) is 57.0 Å². The number of rotatable bonds is 12. The first-order valence-electron chi connectivity index (χ1n) is 16.4. The first-order valence-corrected chi connectivity index (χ1v) is 19.5. The lowest BCUT2D eigenvalue weighted by Crippen LogP contribution is -2.22. The van der Waals surface area contributed by atoms with Crippen molar-refractivity contribution in [2.24, 2.45) is 0 Å². The van der Waals surface area contributed by atoms with E-state index in [1.807, 2.05) is 33.2 Å². The molecule has 10 heteroatoms. The minimum Gasteiger partial charge on any atom is -0.367 e. The van der Waals surface area contributed by atoms with Gasteiger partial charge in [-0.25, -0.2) is 8.78 Å². The van der Waals surface area contributed by atoms with E-state index in [1.54, 1.807) is 24.3 Å². The van der Waals surface area contributed by atoms with Gasteiger partial charge in [0.2, 0.25) is 0 Å². The van der Waals surface area contributed by atoms with Crippen molar-refractivity contribution < 1.29 is 26.3 Å². The molecule has 0 aromatic heterocycles. The third-order valence-electron chi connectivity index (χ3n) is 8.69. The maximum Gasteiger partial charge on any atom is 0.294 e. The fourth-order valence-electron chi connectivity index (χ4n) is 5.96. The van der Waals surface area contributed by atoms with Crippen LogP contribution in [0.15, 0.2) is 137 Å². The molecular formula is C40H44N3O5S2+. The largest absolute Gasteiger partial charge is 0.367 e. The maximum atomic E-state index is 12.1. The van der Waals surface area contributed by atoms with E-state index >= 15 is 0 Å². The first-order chi connectivity index (χ1) is 23.8. The van der Waals surface area contributed by atoms with Crippen LogP contribution in [0.5, 0.6) is 0 Å². The molecule has 0 saturated heterocycles. The highest BCUT2D eigenvalue weighted by atomic mass is 32.2. The minimum absolute atomic E-state index is 0.116. The van der Waals surface area contributed by atoms with Crippen LogP contribution in [-0.2, 0) is 33.0 Å². The Bertz CT molecular complexity index is 2050. The molecule has 8 nitrogen and oxygen atoms in total. The summed E-state index contributed by atoms with van der Waals surface area (Å²) in [7, 11) is -3.54. The van der Waals surface area contributed by atoms with E-state index in [0.29, 0.717) is 24.5 Å². The Morgan fingerprint density at radius 2 is 1.10 bits per heavy atom. The maximum absolute atomic E-state index is 12.1. The van der Waals surface area contributed by atoms with Gasteiger partial charge < -0.3 is 14.4 Å². The predicted molar refractivity (Wildman–Crippen MR) is 207 cm³/mol. The highest BCUT2D eigenvalue weighted by Gasteiger charge is 2.16. The second-order valence-electron chi connectivity index (χ2n) is 12.3. The molecule has 0 heterocycles. The van der Waals surface area contributed by atoms with E-state index in [-0.39, 0.29) is 4.90 Å². The average molecular weight is 711 g/mol. The van der Waals surface area contributed by atoms with Crippen molar-refractivity contribution in [3.8, 4) is 0 Å². The van der Waals surface area contributed by atoms with E-state index in [9.17, 15) is 21.7 Å². The fourth-order valence-corrected chi connectivity index (χ4v) is 7.14. The van der Waals surface area contributed by atoms with Crippen LogP contribution < -0.4 is 9.80 Å². The normalized spacial score (nSPS) is 14.0. The summed E-state index contributed by atoms with van der Waals surface area (Å²) in [6.07, 6.45) is 8.50. The summed E-state index contributed by atoms with van der Waals surface area (Å²) in [6, 6.07) is 30.4. The second kappa shape index (κ2) is 15.4. The van der Waals surface area contributed by atoms with Crippen molar-refractivity contribution in [2.75, 3.05) is 37.0 Å². The molecule has 0 saturated carbocycles. The molecule has 1 aliphatic carbocycles. The van der Waals surface area contributed by atoms with Gasteiger partial charge in [0, 0.05) is 49.7 Å². The summed E-state index contributed by atoms with van der Waals surface area (Å²) in [4.78, 5) is 4.57. The molecule has 0 bridgehead atoms. The van der Waals surface area contributed by atoms with Crippen molar-refractivity contribution in [1.29, 1.82) is 0 Å². The van der Waals surface area contributed by atoms with Crippen LogP contribution in [0.25, 0.3) is 5.57 Å². The quantitative estimate of drug-likeness (QED) is 0.0914. The number of hydrogen-bond donors (Lipinski definition) is 2. The Balaban J connectivity index is 1.46. The highest BCUT2D eigenvalue weighted by molar-refractivity contribution is 7.95. The summed E-state index contributed by atoms with van der Waals surface area (Å²) in [5.74, 6) is 3.41. The van der Waals surface area contributed by atoms with Gasteiger partial charge in [-0.3, -0.25) is 4.55 Å². The number of hydrogen-bond acceptors (Lipinski definition) is 5. The molecule has 0 spiro atoms. The van der Waals surface area contributed by atoms with Gasteiger partial charge in [0.15, 0.2) is 5.71 Å². The van der Waals surface area contributed by atoms with E-state index in [4.69, 9.17) is 0 Å². The molecule has 1 atom stereocenters. The zero-order chi connectivity index (χ0) is 36.1. The highest BCUT2D eigenvalue weighted by Crippen LogP contribution is 2.33. The molecule has 0 aliphatic heterocycles. The standard InChI is InChI=1S/C40H43N3O5S2/c1-6-42(28-30-10-8-12-38(26-30)49(5,44)45)36-22-16-33(17-23-36)40(32-14-20-35(21-15-32)41(3)4)34-18-24-37(25-19-34)43(7-2)29-31-11-9-13-39(27-31)50(46,47)48/h8-27H,5-7,28-29H2,1-4H3,(H-,44,45,46,47,48)/p+1. The number of anilines is 2. The second-order valence-corrected chi connectivity index (χ2v) is 15.5. The molecular weight excluding hydrogens is 667 g/mol. The molecule has 1 unspecified atom stereocenters. The Morgan fingerprint density at radius 1 is 0.660 bits per heavy atom. The minimum atomic E-state index is -4.28. The molecule has 1 aliphatic rings. The van der Waals surface area contributed by atoms with Gasteiger partial charge in [-0.2, -0.15) is 8.42 Å². The van der Waals surface area contributed by atoms with Crippen molar-refractivity contribution in [1.82, 2.24) is 0 Å². The van der Waals surface area contributed by atoms with Gasteiger partial charge >= 0.3 is 0 Å². The summed E-state index contributed by atoms with van der Waals surface area (Å²) in [5, 5.41) is 0. The Labute approximate surface area is 296 Å². The Morgan fingerprint density at radius 3 is 1.50 bits per heavy atom. The lowest BCUT2D eigenvalue weighted by Gasteiger charge is -2.25. The molecule has 50 heavy (non-hydrogen) atoms. The van der Waals surface area contributed by atoms with Crippen LogP contribution in [-0.4, -0.2) is 65.1 Å². The number of allylic oxidation sites excluding steroid dienone is 5. The van der Waals surface area contributed by atoms with Gasteiger partial charge in [0.25, 0.3) is 10.1 Å². The van der Waals surface area contributed by atoms with Crippen LogP contribution in [0.4, 0.5) is 11.4 Å². The Kier molecular flexibility index (Phi) is 11.3. The fraction of sp³-hybridized carbons (Fsp3) is 0.200. The van der Waals surface area contributed by atoms with Crippen molar-refractivity contribution in [3.05, 3.63) is 149 Å². The lowest BCUT2D eigenvalue weighted by atomic mass is 9.90. The third kappa shape index (κ3) is 8.88. The SMILES string of the molecule is C=S(=O)(O)c1cccc(CN(CC)c2ccc(C(=C3C=CC(=[N+](C)C)C=C3)c3ccc(N(CC)Cc4cccc(S(=O)(=O)O)c4)cc3)cc2)c1. The van der Waals surface area contributed by atoms with Crippen LogP contribution in [0.3, 0.4) is 0 Å². The van der Waals surface area contributed by atoms with E-state index in [1.165, 1.54) is 12.1 Å². The third-order valence-corrected chi connectivity index (χ3v) is 10.5. The van der Waals surface area contributed by atoms with Crippen molar-refractivity contribution in [2.45, 2.75) is 36.7 Å². The average Bonchev–Trinajstić information content (AvgIpc) is 3.10. The zero-order valence-electron chi connectivity index (χ0n) is 28.9. The molecule has 0 radical (unpaired) electrons. The molecule has 5 rings (SSSR count). The van der Waals surface area contributed by atoms with Crippen molar-refractivity contribution >= 4 is 48.5 Å². The topological polar surface area (TPSA) is 101 Å². The smallest absolute Gasteiger partial charge is 0.294 e. The van der Waals surface area contributed by atoms with Gasteiger partial charge in [0.1, 0.15) is 23.9 Å². The van der Waals surface area contributed by atoms with E-state index in [2.05, 4.69) is 100 Å². The number of benzene rings is 4. The van der Waals surface area contributed by atoms with Gasteiger partial charge in [-0.05, 0) is 114 Å². The monoisotopic (exact) mass is 710 g/mol. The van der Waals surface area contributed by atoms with Crippen LogP contribution >= 0.6 is 0 Å². The summed E-state index contributed by atoms with van der Waals surface area (Å²) < 4.78 is 57.1. The van der Waals surface area contributed by atoms with Crippen LogP contribution in [0.2, 0.25) is 0 Å². The van der Waals surface area contributed by atoms with Gasteiger partial charge in [0.05, 0.1) is 9.79 Å². The molecule has 0 fully saturated rings. The summed E-state index contributed by atoms with van der Waals surface area (Å²) >= 11 is 0. The van der Waals surface area contributed by atoms with Crippen molar-refractivity contribution in [3.63, 3.8) is 0 Å². The molecule has 4 aromatic carbocycles. The first kappa shape index (κ1) is 36.5. The molecule has 260 valence electrons. The Hall–Kier alpha value is -4.74. The predicted octanol–water partition coefficient (Wildman–Crippen LogP) is 7.18. The van der Waals surface area contributed by atoms with Crippen LogP contribution in [0.1, 0.15) is 36.1 Å². The molecule has 2 N–H and O–H groups in total.